The molecule has 2 heterocycles. The first-order chi connectivity index (χ1) is 9.97. The van der Waals surface area contributed by atoms with Gasteiger partial charge < -0.3 is 10.1 Å². The summed E-state index contributed by atoms with van der Waals surface area (Å²) >= 11 is 0. The maximum atomic E-state index is 12.1. The minimum absolute atomic E-state index is 0.0645. The number of hydrogen-bond acceptors (Lipinski definition) is 5. The molecule has 1 aliphatic rings. The summed E-state index contributed by atoms with van der Waals surface area (Å²) in [5, 5.41) is 3.33. The van der Waals surface area contributed by atoms with Crippen LogP contribution in [0.25, 0.3) is 0 Å². The van der Waals surface area contributed by atoms with E-state index in [-0.39, 0.29) is 10.9 Å². The molecular weight excluding hydrogens is 290 g/mol. The standard InChI is InChI=1S/C14H23N3O3S/c1-11(2)15-7-12-3-4-14(16-8-12)21(18,19)17-9-13-5-6-20-10-13/h3-4,8,11,13,15,17H,5-7,9-10H2,1-2H3. The third-order valence-electron chi connectivity index (χ3n) is 3.37. The van der Waals surface area contributed by atoms with Gasteiger partial charge in [-0.05, 0) is 24.0 Å². The minimum Gasteiger partial charge on any atom is -0.381 e. The highest BCUT2D eigenvalue weighted by atomic mass is 32.2. The van der Waals surface area contributed by atoms with Gasteiger partial charge in [0.1, 0.15) is 0 Å². The van der Waals surface area contributed by atoms with Crippen LogP contribution in [0.15, 0.2) is 23.4 Å². The molecule has 21 heavy (non-hydrogen) atoms. The Labute approximate surface area is 126 Å². The van der Waals surface area contributed by atoms with Crippen molar-refractivity contribution < 1.29 is 13.2 Å². The Bertz CT molecular complexity index is 537. The molecule has 1 aliphatic heterocycles. The molecule has 2 N–H and O–H groups in total. The largest absolute Gasteiger partial charge is 0.381 e. The normalized spacial score (nSPS) is 19.3. The summed E-state index contributed by atoms with van der Waals surface area (Å²) in [5.74, 6) is 0.259. The molecule has 2 rings (SSSR count). The van der Waals surface area contributed by atoms with Crippen molar-refractivity contribution in [3.8, 4) is 0 Å². The molecule has 0 radical (unpaired) electrons. The first-order valence-electron chi connectivity index (χ1n) is 7.23. The molecule has 1 aromatic heterocycles. The zero-order valence-corrected chi connectivity index (χ0v) is 13.3. The van der Waals surface area contributed by atoms with E-state index in [0.29, 0.717) is 32.3 Å². The van der Waals surface area contributed by atoms with Crippen LogP contribution in [0.5, 0.6) is 0 Å². The highest BCUT2D eigenvalue weighted by molar-refractivity contribution is 7.89. The monoisotopic (exact) mass is 313 g/mol. The molecule has 0 aliphatic carbocycles. The summed E-state index contributed by atoms with van der Waals surface area (Å²) in [6, 6.07) is 3.71. The molecule has 6 nitrogen and oxygen atoms in total. The van der Waals surface area contributed by atoms with Gasteiger partial charge in [0.2, 0.25) is 0 Å². The molecule has 1 aromatic rings. The number of nitrogens with one attached hydrogen (secondary N) is 2. The summed E-state index contributed by atoms with van der Waals surface area (Å²) in [7, 11) is -3.53. The lowest BCUT2D eigenvalue weighted by Crippen LogP contribution is -2.30. The smallest absolute Gasteiger partial charge is 0.258 e. The van der Waals surface area contributed by atoms with Crippen LogP contribution in [-0.2, 0) is 21.3 Å². The molecule has 0 amide bonds. The Hall–Kier alpha value is -1.02. The minimum atomic E-state index is -3.53. The number of nitrogens with zero attached hydrogens (tertiary/aromatic N) is 1. The van der Waals surface area contributed by atoms with Gasteiger partial charge in [-0.3, -0.25) is 0 Å². The molecule has 0 aromatic carbocycles. The average Bonchev–Trinajstić information content (AvgIpc) is 2.97. The van der Waals surface area contributed by atoms with E-state index in [9.17, 15) is 8.42 Å². The fourth-order valence-corrected chi connectivity index (χ4v) is 3.08. The topological polar surface area (TPSA) is 80.3 Å². The van der Waals surface area contributed by atoms with E-state index in [4.69, 9.17) is 4.74 Å². The molecule has 118 valence electrons. The van der Waals surface area contributed by atoms with Gasteiger partial charge in [0.15, 0.2) is 5.03 Å². The molecule has 7 heteroatoms. The van der Waals surface area contributed by atoms with Crippen LogP contribution < -0.4 is 10.0 Å². The van der Waals surface area contributed by atoms with E-state index in [0.717, 1.165) is 12.0 Å². The quantitative estimate of drug-likeness (QED) is 0.781. The molecule has 0 saturated carbocycles. The molecule has 1 unspecified atom stereocenters. The molecule has 0 spiro atoms. The SMILES string of the molecule is CC(C)NCc1ccc(S(=O)(=O)NCC2CCOC2)nc1. The maximum Gasteiger partial charge on any atom is 0.258 e. The fourth-order valence-electron chi connectivity index (χ4n) is 2.04. The van der Waals surface area contributed by atoms with Gasteiger partial charge in [-0.25, -0.2) is 18.1 Å². The van der Waals surface area contributed by atoms with E-state index in [1.165, 1.54) is 0 Å². The number of ether oxygens (including phenoxy) is 1. The maximum absolute atomic E-state index is 12.1. The van der Waals surface area contributed by atoms with E-state index >= 15 is 0 Å². The Morgan fingerprint density at radius 2 is 2.24 bits per heavy atom. The highest BCUT2D eigenvalue weighted by Gasteiger charge is 2.20. The number of aromatic nitrogens is 1. The lowest BCUT2D eigenvalue weighted by atomic mass is 10.1. The second-order valence-corrected chi connectivity index (χ2v) is 7.34. The van der Waals surface area contributed by atoms with Crippen LogP contribution in [0.1, 0.15) is 25.8 Å². The molecular formula is C14H23N3O3S. The van der Waals surface area contributed by atoms with Gasteiger partial charge in [-0.1, -0.05) is 19.9 Å². The van der Waals surface area contributed by atoms with Gasteiger partial charge in [-0.15, -0.1) is 0 Å². The van der Waals surface area contributed by atoms with Gasteiger partial charge in [0, 0.05) is 31.9 Å². The lowest BCUT2D eigenvalue weighted by molar-refractivity contribution is 0.186. The predicted octanol–water partition coefficient (Wildman–Crippen LogP) is 0.894. The summed E-state index contributed by atoms with van der Waals surface area (Å²) in [6.07, 6.45) is 2.50. The zero-order chi connectivity index (χ0) is 15.3. The highest BCUT2D eigenvalue weighted by Crippen LogP contribution is 2.13. The van der Waals surface area contributed by atoms with Gasteiger partial charge in [-0.2, -0.15) is 0 Å². The summed E-state index contributed by atoms with van der Waals surface area (Å²) in [4.78, 5) is 4.05. The molecule has 1 fully saturated rings. The zero-order valence-electron chi connectivity index (χ0n) is 12.5. The summed E-state index contributed by atoms with van der Waals surface area (Å²) in [5.41, 5.74) is 0.965. The van der Waals surface area contributed by atoms with Gasteiger partial charge >= 0.3 is 0 Å². The van der Waals surface area contributed by atoms with Crippen LogP contribution in [0, 0.1) is 5.92 Å². The van der Waals surface area contributed by atoms with E-state index in [1.807, 2.05) is 0 Å². The molecule has 1 saturated heterocycles. The number of pyridine rings is 1. The third-order valence-corrected chi connectivity index (χ3v) is 4.71. The Morgan fingerprint density at radius 3 is 2.81 bits per heavy atom. The Balaban J connectivity index is 1.92. The van der Waals surface area contributed by atoms with Crippen LogP contribution in [-0.4, -0.2) is 39.2 Å². The van der Waals surface area contributed by atoms with Gasteiger partial charge in [0.05, 0.1) is 6.61 Å². The van der Waals surface area contributed by atoms with E-state index in [2.05, 4.69) is 28.9 Å². The van der Waals surface area contributed by atoms with Crippen molar-refractivity contribution in [1.82, 2.24) is 15.0 Å². The predicted molar refractivity (Wildman–Crippen MR) is 80.3 cm³/mol. The van der Waals surface area contributed by atoms with Crippen molar-refractivity contribution in [2.75, 3.05) is 19.8 Å². The van der Waals surface area contributed by atoms with Crippen molar-refractivity contribution in [3.05, 3.63) is 23.9 Å². The van der Waals surface area contributed by atoms with Crippen LogP contribution in [0.2, 0.25) is 0 Å². The number of sulfonamides is 1. The summed E-state index contributed by atoms with van der Waals surface area (Å²) < 4.78 is 32.1. The third kappa shape index (κ3) is 5.03. The van der Waals surface area contributed by atoms with Crippen molar-refractivity contribution in [3.63, 3.8) is 0 Å². The van der Waals surface area contributed by atoms with Gasteiger partial charge in [0.25, 0.3) is 10.0 Å². The second-order valence-electron chi connectivity index (χ2n) is 5.62. The van der Waals surface area contributed by atoms with Crippen LogP contribution in [0.3, 0.4) is 0 Å². The van der Waals surface area contributed by atoms with Crippen LogP contribution >= 0.6 is 0 Å². The van der Waals surface area contributed by atoms with Crippen molar-refractivity contribution >= 4 is 10.0 Å². The van der Waals surface area contributed by atoms with Crippen molar-refractivity contribution in [2.45, 2.75) is 37.9 Å². The number of rotatable bonds is 7. The van der Waals surface area contributed by atoms with Crippen molar-refractivity contribution in [1.29, 1.82) is 0 Å². The summed E-state index contributed by atoms with van der Waals surface area (Å²) in [6.45, 7) is 6.53. The number of hydrogen-bond donors (Lipinski definition) is 2. The Kier molecular flexibility index (Phi) is 5.69. The average molecular weight is 313 g/mol. The second kappa shape index (κ2) is 7.31. The first kappa shape index (κ1) is 16.4. The first-order valence-corrected chi connectivity index (χ1v) is 8.71. The van der Waals surface area contributed by atoms with Crippen LogP contribution in [0.4, 0.5) is 0 Å². The molecule has 1 atom stereocenters. The molecule has 0 bridgehead atoms. The van der Waals surface area contributed by atoms with E-state index < -0.39 is 10.0 Å². The fraction of sp³-hybridized carbons (Fsp3) is 0.643. The Morgan fingerprint density at radius 1 is 1.43 bits per heavy atom. The van der Waals surface area contributed by atoms with E-state index in [1.54, 1.807) is 18.3 Å². The lowest BCUT2D eigenvalue weighted by Gasteiger charge is -2.11. The van der Waals surface area contributed by atoms with Crippen molar-refractivity contribution in [2.24, 2.45) is 5.92 Å².